The van der Waals surface area contributed by atoms with Gasteiger partial charge in [0.25, 0.3) is 10.0 Å². The minimum atomic E-state index is -4.04. The van der Waals surface area contributed by atoms with Crippen LogP contribution in [0.5, 0.6) is 17.2 Å². The largest absolute Gasteiger partial charge is 0.493 e. The number of para-hydroxylation sites is 2. The number of nitrogens with zero attached hydrogens (tertiary/aromatic N) is 2. The molecule has 0 aliphatic heterocycles. The molecule has 0 saturated carbocycles. The van der Waals surface area contributed by atoms with Crippen molar-refractivity contribution in [3.63, 3.8) is 0 Å². The predicted octanol–water partition coefficient (Wildman–Crippen LogP) is 6.29. The highest BCUT2D eigenvalue weighted by Crippen LogP contribution is 2.40. The van der Waals surface area contributed by atoms with E-state index < -0.39 is 10.0 Å². The second-order valence-corrected chi connectivity index (χ2v) is 10.7. The zero-order chi connectivity index (χ0) is 25.2. The summed E-state index contributed by atoms with van der Waals surface area (Å²) in [6, 6.07) is 15.2. The van der Waals surface area contributed by atoms with Crippen LogP contribution in [0.3, 0.4) is 0 Å². The quantitative estimate of drug-likeness (QED) is 0.289. The van der Waals surface area contributed by atoms with Crippen LogP contribution in [0.25, 0.3) is 11.4 Å². The molecular weight excluding hydrogens is 490 g/mol. The van der Waals surface area contributed by atoms with Crippen LogP contribution in [0, 0.1) is 0 Å². The van der Waals surface area contributed by atoms with E-state index in [4.69, 9.17) is 25.5 Å². The van der Waals surface area contributed by atoms with E-state index in [9.17, 15) is 8.42 Å². The number of methoxy groups -OCH3 is 1. The maximum absolute atomic E-state index is 13.3. The Morgan fingerprint density at radius 2 is 1.66 bits per heavy atom. The summed E-state index contributed by atoms with van der Waals surface area (Å²) in [6.45, 7) is 6.16. The van der Waals surface area contributed by atoms with Gasteiger partial charge in [0.05, 0.1) is 23.8 Å². The number of anilines is 1. The normalized spacial score (nSPS) is 11.8. The summed E-state index contributed by atoms with van der Waals surface area (Å²) in [5.74, 6) is 0.697. The molecule has 1 N–H and O–H groups in total. The third-order valence-electron chi connectivity index (χ3n) is 5.15. The molecule has 0 saturated heterocycles. The van der Waals surface area contributed by atoms with Gasteiger partial charge in [-0.25, -0.2) is 18.4 Å². The Bertz CT molecular complexity index is 1430. The van der Waals surface area contributed by atoms with Crippen molar-refractivity contribution in [2.75, 3.05) is 11.8 Å². The Labute approximate surface area is 209 Å². The van der Waals surface area contributed by atoms with Crippen LogP contribution in [0.15, 0.2) is 76.4 Å². The van der Waals surface area contributed by atoms with Crippen molar-refractivity contribution < 1.29 is 22.3 Å². The van der Waals surface area contributed by atoms with Gasteiger partial charge in [0.2, 0.25) is 5.75 Å². The standard InChI is InChI=1S/C25H24ClN3O5S/c1-25(2,3)17-9-11-18(12-10-17)35(30,31)29-24-21(34-20-8-6-5-7-19(20)32-4)22(26)27-23(28-24)16-13-14-33-15-16/h5-15H,1-4H3,(H,27,28,29). The molecule has 4 rings (SSSR count). The SMILES string of the molecule is COc1ccccc1Oc1c(Cl)nc(-c2ccoc2)nc1NS(=O)(=O)c1ccc(C(C)(C)C)cc1. The topological polar surface area (TPSA) is 104 Å². The number of sulfonamides is 1. The molecule has 0 aliphatic rings. The molecule has 0 amide bonds. The van der Waals surface area contributed by atoms with Crippen molar-refractivity contribution in [2.24, 2.45) is 0 Å². The monoisotopic (exact) mass is 513 g/mol. The van der Waals surface area contributed by atoms with E-state index in [0.717, 1.165) is 5.56 Å². The maximum Gasteiger partial charge on any atom is 0.263 e. The smallest absolute Gasteiger partial charge is 0.263 e. The second kappa shape index (κ2) is 9.59. The lowest BCUT2D eigenvalue weighted by Gasteiger charge is -2.19. The second-order valence-electron chi connectivity index (χ2n) is 8.66. The molecule has 8 nitrogen and oxygen atoms in total. The molecule has 2 heterocycles. The molecule has 0 bridgehead atoms. The number of benzene rings is 2. The van der Waals surface area contributed by atoms with Crippen LogP contribution in [0.2, 0.25) is 5.15 Å². The molecule has 10 heteroatoms. The van der Waals surface area contributed by atoms with Gasteiger partial charge in [0.1, 0.15) is 6.26 Å². The fourth-order valence-electron chi connectivity index (χ4n) is 3.24. The first-order chi connectivity index (χ1) is 16.6. The Balaban J connectivity index is 1.78. The van der Waals surface area contributed by atoms with Gasteiger partial charge in [-0.2, -0.15) is 0 Å². The highest BCUT2D eigenvalue weighted by atomic mass is 35.5. The molecular formula is C25H24ClN3O5S. The third kappa shape index (κ3) is 5.41. The number of halogens is 1. The average molecular weight is 514 g/mol. The Morgan fingerprint density at radius 1 is 0.971 bits per heavy atom. The van der Waals surface area contributed by atoms with Crippen molar-refractivity contribution in [3.8, 4) is 28.6 Å². The van der Waals surface area contributed by atoms with Crippen molar-refractivity contribution >= 4 is 27.4 Å². The van der Waals surface area contributed by atoms with E-state index in [1.807, 2.05) is 0 Å². The summed E-state index contributed by atoms with van der Waals surface area (Å²) in [5.41, 5.74) is 1.40. The van der Waals surface area contributed by atoms with E-state index in [2.05, 4.69) is 35.5 Å². The molecule has 35 heavy (non-hydrogen) atoms. The predicted molar refractivity (Wildman–Crippen MR) is 134 cm³/mol. The van der Waals surface area contributed by atoms with Gasteiger partial charge in [0, 0.05) is 0 Å². The van der Waals surface area contributed by atoms with Crippen LogP contribution in [-0.2, 0) is 15.4 Å². The average Bonchev–Trinajstić information content (AvgIpc) is 3.36. The lowest BCUT2D eigenvalue weighted by Crippen LogP contribution is -2.16. The molecule has 0 unspecified atom stereocenters. The number of hydrogen-bond acceptors (Lipinski definition) is 7. The molecule has 0 fully saturated rings. The number of rotatable bonds is 7. The summed E-state index contributed by atoms with van der Waals surface area (Å²) < 4.78 is 45.5. The van der Waals surface area contributed by atoms with Crippen LogP contribution < -0.4 is 14.2 Å². The molecule has 0 aliphatic carbocycles. The first-order valence-electron chi connectivity index (χ1n) is 10.6. The number of nitrogens with one attached hydrogen (secondary N) is 1. The van der Waals surface area contributed by atoms with Crippen molar-refractivity contribution in [2.45, 2.75) is 31.1 Å². The van der Waals surface area contributed by atoms with Crippen molar-refractivity contribution in [1.82, 2.24) is 9.97 Å². The van der Waals surface area contributed by atoms with E-state index in [0.29, 0.717) is 17.1 Å². The highest BCUT2D eigenvalue weighted by Gasteiger charge is 2.24. The van der Waals surface area contributed by atoms with Crippen molar-refractivity contribution in [1.29, 1.82) is 0 Å². The van der Waals surface area contributed by atoms with Crippen LogP contribution >= 0.6 is 11.6 Å². The third-order valence-corrected chi connectivity index (χ3v) is 6.76. The van der Waals surface area contributed by atoms with E-state index in [1.165, 1.54) is 19.6 Å². The summed E-state index contributed by atoms with van der Waals surface area (Å²) in [6.07, 6.45) is 2.88. The molecule has 0 atom stereocenters. The molecule has 182 valence electrons. The van der Waals surface area contributed by atoms with Gasteiger partial charge in [-0.15, -0.1) is 0 Å². The van der Waals surface area contributed by atoms with Crippen molar-refractivity contribution in [3.05, 3.63) is 77.8 Å². The fraction of sp³-hybridized carbons (Fsp3) is 0.200. The first kappa shape index (κ1) is 24.6. The van der Waals surface area contributed by atoms with Gasteiger partial charge in [-0.3, -0.25) is 4.72 Å². The number of ether oxygens (including phenoxy) is 2. The lowest BCUT2D eigenvalue weighted by atomic mass is 9.87. The van der Waals surface area contributed by atoms with Gasteiger partial charge in [-0.05, 0) is 41.3 Å². The highest BCUT2D eigenvalue weighted by molar-refractivity contribution is 7.92. The molecule has 2 aromatic heterocycles. The van der Waals surface area contributed by atoms with E-state index in [1.54, 1.807) is 54.6 Å². The molecule has 0 radical (unpaired) electrons. The summed E-state index contributed by atoms with van der Waals surface area (Å²) in [5, 5.41) is -0.0945. The number of furan rings is 1. The van der Waals surface area contributed by atoms with Gasteiger partial charge in [-0.1, -0.05) is 56.6 Å². The lowest BCUT2D eigenvalue weighted by molar-refractivity contribution is 0.378. The van der Waals surface area contributed by atoms with Crippen LogP contribution in [0.1, 0.15) is 26.3 Å². The first-order valence-corrected chi connectivity index (χ1v) is 12.5. The zero-order valence-corrected chi connectivity index (χ0v) is 21.1. The van der Waals surface area contributed by atoms with Crippen LogP contribution in [-0.4, -0.2) is 25.5 Å². The summed E-state index contributed by atoms with van der Waals surface area (Å²) in [4.78, 5) is 8.71. The fourth-order valence-corrected chi connectivity index (χ4v) is 4.45. The summed E-state index contributed by atoms with van der Waals surface area (Å²) in [7, 11) is -2.55. The Hall–Kier alpha value is -3.56. The zero-order valence-electron chi connectivity index (χ0n) is 19.6. The Morgan fingerprint density at radius 3 is 2.26 bits per heavy atom. The van der Waals surface area contributed by atoms with Gasteiger partial charge >= 0.3 is 0 Å². The van der Waals surface area contributed by atoms with E-state index >= 15 is 0 Å². The Kier molecular flexibility index (Phi) is 6.73. The van der Waals surface area contributed by atoms with E-state index in [-0.39, 0.29) is 32.9 Å². The van der Waals surface area contributed by atoms with Gasteiger partial charge in [0.15, 0.2) is 28.3 Å². The summed E-state index contributed by atoms with van der Waals surface area (Å²) >= 11 is 6.46. The number of hydrogen-bond donors (Lipinski definition) is 1. The molecule has 2 aromatic carbocycles. The maximum atomic E-state index is 13.3. The number of aromatic nitrogens is 2. The minimum absolute atomic E-state index is 0.0633. The van der Waals surface area contributed by atoms with Gasteiger partial charge < -0.3 is 13.9 Å². The van der Waals surface area contributed by atoms with Crippen LogP contribution in [0.4, 0.5) is 5.82 Å². The molecule has 4 aromatic rings. The molecule has 0 spiro atoms. The minimum Gasteiger partial charge on any atom is -0.493 e.